The summed E-state index contributed by atoms with van der Waals surface area (Å²) in [6, 6.07) is 3.73. The van der Waals surface area contributed by atoms with Gasteiger partial charge in [0.2, 0.25) is 0 Å². The van der Waals surface area contributed by atoms with E-state index in [0.29, 0.717) is 0 Å². The number of nitrogens with two attached hydrogens (primary N) is 2. The average molecular weight is 403 g/mol. The lowest BCUT2D eigenvalue weighted by Crippen LogP contribution is -2.23. The highest BCUT2D eigenvalue weighted by atomic mass is 127. The average Bonchev–Trinajstić information content (AvgIpc) is 2.25. The number of rotatable bonds is 4. The van der Waals surface area contributed by atoms with Gasteiger partial charge >= 0.3 is 6.18 Å². The van der Waals surface area contributed by atoms with Crippen LogP contribution in [0.3, 0.4) is 0 Å². The van der Waals surface area contributed by atoms with Gasteiger partial charge in [-0.1, -0.05) is 6.07 Å². The summed E-state index contributed by atoms with van der Waals surface area (Å²) in [5.41, 5.74) is 9.44. The Morgan fingerprint density at radius 3 is 2.35 bits per heavy atom. The number of nitrogens with zero attached hydrogens (tertiary/aromatic N) is 1. The van der Waals surface area contributed by atoms with Crippen molar-refractivity contribution in [2.45, 2.75) is 32.7 Å². The van der Waals surface area contributed by atoms with E-state index < -0.39 is 11.7 Å². The Labute approximate surface area is 132 Å². The largest absolute Gasteiger partial charge is 0.491 e. The first-order valence-corrected chi connectivity index (χ1v) is 5.62. The van der Waals surface area contributed by atoms with E-state index in [9.17, 15) is 13.2 Å². The second-order valence-electron chi connectivity index (χ2n) is 4.22. The van der Waals surface area contributed by atoms with Crippen molar-refractivity contribution in [1.29, 1.82) is 0 Å². The first-order valence-electron chi connectivity index (χ1n) is 5.62. The van der Waals surface area contributed by atoms with Crippen molar-refractivity contribution in [3.05, 3.63) is 29.3 Å². The van der Waals surface area contributed by atoms with Crippen LogP contribution in [0.1, 0.15) is 25.0 Å². The smallest absolute Gasteiger partial charge is 0.416 e. The second-order valence-corrected chi connectivity index (χ2v) is 4.22. The zero-order chi connectivity index (χ0) is 14.6. The molecule has 0 saturated carbocycles. The van der Waals surface area contributed by atoms with E-state index in [1.165, 1.54) is 12.1 Å². The summed E-state index contributed by atoms with van der Waals surface area (Å²) in [7, 11) is 0. The van der Waals surface area contributed by atoms with Crippen LogP contribution < -0.4 is 16.2 Å². The topological polar surface area (TPSA) is 73.6 Å². The molecule has 0 spiro atoms. The highest BCUT2D eigenvalue weighted by Gasteiger charge is 2.33. The molecule has 0 bridgehead atoms. The fourth-order valence-corrected chi connectivity index (χ4v) is 1.48. The van der Waals surface area contributed by atoms with E-state index >= 15 is 0 Å². The summed E-state index contributed by atoms with van der Waals surface area (Å²) in [5, 5.41) is 0. The van der Waals surface area contributed by atoms with Crippen LogP contribution in [0.4, 0.5) is 13.2 Å². The fourth-order valence-electron chi connectivity index (χ4n) is 1.48. The third kappa shape index (κ3) is 5.85. The van der Waals surface area contributed by atoms with Crippen LogP contribution in [-0.2, 0) is 12.7 Å². The zero-order valence-corrected chi connectivity index (χ0v) is 13.4. The normalized spacial score (nSPS) is 10.9. The van der Waals surface area contributed by atoms with Gasteiger partial charge < -0.3 is 16.2 Å². The van der Waals surface area contributed by atoms with Crippen LogP contribution >= 0.6 is 24.0 Å². The molecule has 0 aromatic heterocycles. The van der Waals surface area contributed by atoms with E-state index in [1.807, 2.05) is 0 Å². The van der Waals surface area contributed by atoms with Crippen molar-refractivity contribution in [3.63, 3.8) is 0 Å². The van der Waals surface area contributed by atoms with Gasteiger partial charge in [-0.25, -0.2) is 4.99 Å². The molecule has 0 atom stereocenters. The monoisotopic (exact) mass is 403 g/mol. The molecule has 0 fully saturated rings. The molecule has 0 heterocycles. The highest BCUT2D eigenvalue weighted by Crippen LogP contribution is 2.35. The highest BCUT2D eigenvalue weighted by molar-refractivity contribution is 14.0. The molecule has 1 rings (SSSR count). The lowest BCUT2D eigenvalue weighted by molar-refractivity contribution is -0.138. The number of ether oxygens (including phenoxy) is 1. The van der Waals surface area contributed by atoms with Gasteiger partial charge in [-0.15, -0.1) is 24.0 Å². The molecule has 0 unspecified atom stereocenters. The Morgan fingerprint density at radius 1 is 1.30 bits per heavy atom. The lowest BCUT2D eigenvalue weighted by Gasteiger charge is -2.15. The minimum atomic E-state index is -4.48. The first kappa shape index (κ1) is 18.8. The van der Waals surface area contributed by atoms with E-state index in [1.54, 1.807) is 13.8 Å². The molecule has 0 radical (unpaired) electrons. The molecule has 0 saturated heterocycles. The minimum Gasteiger partial charge on any atom is -0.491 e. The second kappa shape index (κ2) is 7.55. The summed E-state index contributed by atoms with van der Waals surface area (Å²) in [5.74, 6) is -0.0913. The number of aliphatic imine (C=N–C) groups is 1. The quantitative estimate of drug-likeness (QED) is 0.462. The number of benzene rings is 1. The van der Waals surface area contributed by atoms with Gasteiger partial charge in [0, 0.05) is 0 Å². The van der Waals surface area contributed by atoms with E-state index in [-0.39, 0.29) is 53.9 Å². The molecule has 20 heavy (non-hydrogen) atoms. The Hall–Kier alpha value is -1.19. The van der Waals surface area contributed by atoms with Gasteiger partial charge in [-0.3, -0.25) is 0 Å². The third-order valence-electron chi connectivity index (χ3n) is 2.19. The van der Waals surface area contributed by atoms with Gasteiger partial charge in [0.25, 0.3) is 0 Å². The van der Waals surface area contributed by atoms with Crippen LogP contribution in [-0.4, -0.2) is 12.1 Å². The number of halogens is 4. The van der Waals surface area contributed by atoms with E-state index in [4.69, 9.17) is 16.2 Å². The predicted molar refractivity (Wildman–Crippen MR) is 82.1 cm³/mol. The standard InChI is InChI=1S/C12H16F3N3O.HI/c1-7(2)19-9-4-3-8(6-18-11(16)17)10(5-9)12(13,14)15;/h3-5,7H,6H2,1-2H3,(H4,16,17,18);1H. The third-order valence-corrected chi connectivity index (χ3v) is 2.19. The van der Waals surface area contributed by atoms with Crippen LogP contribution in [0.5, 0.6) is 5.75 Å². The summed E-state index contributed by atoms with van der Waals surface area (Å²) in [4.78, 5) is 3.59. The van der Waals surface area contributed by atoms with Crippen molar-refractivity contribution in [2.24, 2.45) is 16.5 Å². The summed E-state index contributed by atoms with van der Waals surface area (Å²) >= 11 is 0. The Kier molecular flexibility index (Phi) is 7.11. The first-order chi connectivity index (χ1) is 8.70. The SMILES string of the molecule is CC(C)Oc1ccc(CN=C(N)N)c(C(F)(F)F)c1.I. The van der Waals surface area contributed by atoms with E-state index in [2.05, 4.69) is 4.99 Å². The molecule has 4 N–H and O–H groups in total. The van der Waals surface area contributed by atoms with Crippen LogP contribution in [0.2, 0.25) is 0 Å². The van der Waals surface area contributed by atoms with Crippen molar-refractivity contribution < 1.29 is 17.9 Å². The van der Waals surface area contributed by atoms with Crippen molar-refractivity contribution >= 4 is 29.9 Å². The molecule has 0 aliphatic rings. The zero-order valence-electron chi connectivity index (χ0n) is 11.1. The number of hydrogen-bond donors (Lipinski definition) is 2. The van der Waals surface area contributed by atoms with Crippen LogP contribution in [0.15, 0.2) is 23.2 Å². The molecule has 1 aromatic carbocycles. The Morgan fingerprint density at radius 2 is 1.90 bits per heavy atom. The van der Waals surface area contributed by atoms with Gasteiger partial charge in [-0.05, 0) is 31.5 Å². The fraction of sp³-hybridized carbons (Fsp3) is 0.417. The maximum absolute atomic E-state index is 12.9. The maximum Gasteiger partial charge on any atom is 0.416 e. The van der Waals surface area contributed by atoms with Gasteiger partial charge in [0.05, 0.1) is 18.2 Å². The molecule has 0 amide bonds. The maximum atomic E-state index is 12.9. The van der Waals surface area contributed by atoms with Crippen molar-refractivity contribution in [3.8, 4) is 5.75 Å². The van der Waals surface area contributed by atoms with Crippen LogP contribution in [0.25, 0.3) is 0 Å². The number of hydrogen-bond acceptors (Lipinski definition) is 2. The molecule has 0 aliphatic carbocycles. The molecule has 114 valence electrons. The Bertz CT molecular complexity index is 472. The lowest BCUT2D eigenvalue weighted by atomic mass is 10.1. The van der Waals surface area contributed by atoms with Crippen LogP contribution in [0, 0.1) is 0 Å². The van der Waals surface area contributed by atoms with Gasteiger partial charge in [0.15, 0.2) is 5.96 Å². The predicted octanol–water partition coefficient (Wildman–Crippen LogP) is 2.88. The molecule has 8 heteroatoms. The molecular weight excluding hydrogens is 386 g/mol. The Balaban J connectivity index is 0.00000361. The molecule has 4 nitrogen and oxygen atoms in total. The molecule has 0 aliphatic heterocycles. The molecule has 1 aromatic rings. The number of guanidine groups is 1. The minimum absolute atomic E-state index is 0. The van der Waals surface area contributed by atoms with Crippen molar-refractivity contribution in [1.82, 2.24) is 0 Å². The summed E-state index contributed by atoms with van der Waals surface area (Å²) in [6.07, 6.45) is -4.69. The number of alkyl halides is 3. The van der Waals surface area contributed by atoms with Gasteiger partial charge in [0.1, 0.15) is 5.75 Å². The molecular formula is C12H17F3IN3O. The van der Waals surface area contributed by atoms with Crippen molar-refractivity contribution in [2.75, 3.05) is 0 Å². The van der Waals surface area contributed by atoms with Gasteiger partial charge in [-0.2, -0.15) is 13.2 Å². The van der Waals surface area contributed by atoms with E-state index in [0.717, 1.165) is 6.07 Å². The summed E-state index contributed by atoms with van der Waals surface area (Å²) in [6.45, 7) is 3.25. The summed E-state index contributed by atoms with van der Waals surface area (Å²) < 4.78 is 44.0.